The van der Waals surface area contributed by atoms with Crippen LogP contribution in [0.15, 0.2) is 0 Å². The minimum absolute atomic E-state index is 0.0216. The van der Waals surface area contributed by atoms with E-state index >= 15 is 0 Å². The van der Waals surface area contributed by atoms with Crippen LogP contribution >= 0.6 is 0 Å². The van der Waals surface area contributed by atoms with Crippen molar-refractivity contribution in [3.63, 3.8) is 0 Å². The van der Waals surface area contributed by atoms with Gasteiger partial charge in [0.05, 0.1) is 6.04 Å². The highest BCUT2D eigenvalue weighted by Crippen LogP contribution is 2.20. The summed E-state index contributed by atoms with van der Waals surface area (Å²) >= 11 is 0. The fourth-order valence-corrected chi connectivity index (χ4v) is 2.69. The summed E-state index contributed by atoms with van der Waals surface area (Å²) in [5, 5.41) is 0. The molecule has 1 unspecified atom stereocenters. The van der Waals surface area contributed by atoms with E-state index in [0.717, 1.165) is 12.8 Å². The molecule has 2 saturated heterocycles. The van der Waals surface area contributed by atoms with Crippen molar-refractivity contribution >= 4 is 11.8 Å². The number of nitrogens with zero attached hydrogens (tertiary/aromatic N) is 2. The molecule has 2 aliphatic rings. The molecule has 0 aromatic rings. The predicted octanol–water partition coefficient (Wildman–Crippen LogP) is 0.210. The van der Waals surface area contributed by atoms with Gasteiger partial charge in [0.15, 0.2) is 0 Å². The van der Waals surface area contributed by atoms with Crippen LogP contribution in [0.1, 0.15) is 33.6 Å². The Balaban J connectivity index is 1.85. The standard InChI is InChI=1S/C15H27N3O3/c1-15(2,3)12(16)14(20)18-8-6-17(7-9-18)13(19)11-5-4-10-21-11/h11-12H,4-10,16H2,1-3H3/t11?,12-/m1/s1. The molecule has 21 heavy (non-hydrogen) atoms. The number of ether oxygens (including phenoxy) is 1. The molecule has 2 N–H and O–H groups in total. The molecule has 2 amide bonds. The summed E-state index contributed by atoms with van der Waals surface area (Å²) < 4.78 is 5.43. The van der Waals surface area contributed by atoms with Gasteiger partial charge in [0.1, 0.15) is 6.10 Å². The Kier molecular flexibility index (Phi) is 4.88. The van der Waals surface area contributed by atoms with E-state index in [-0.39, 0.29) is 23.3 Å². The first-order valence-corrected chi connectivity index (χ1v) is 7.75. The Morgan fingerprint density at radius 3 is 2.19 bits per heavy atom. The smallest absolute Gasteiger partial charge is 0.251 e. The Hall–Kier alpha value is -1.14. The molecule has 6 heteroatoms. The number of carbonyl (C=O) groups is 2. The lowest BCUT2D eigenvalue weighted by Gasteiger charge is -2.38. The minimum Gasteiger partial charge on any atom is -0.368 e. The molecule has 0 bridgehead atoms. The van der Waals surface area contributed by atoms with E-state index < -0.39 is 6.04 Å². The second-order valence-corrected chi connectivity index (χ2v) is 7.00. The first-order valence-electron chi connectivity index (χ1n) is 7.75. The van der Waals surface area contributed by atoms with Crippen molar-refractivity contribution < 1.29 is 14.3 Å². The van der Waals surface area contributed by atoms with Crippen LogP contribution in [0, 0.1) is 5.41 Å². The van der Waals surface area contributed by atoms with Crippen molar-refractivity contribution in [3.05, 3.63) is 0 Å². The van der Waals surface area contributed by atoms with Crippen LogP contribution in [0.4, 0.5) is 0 Å². The Morgan fingerprint density at radius 1 is 1.14 bits per heavy atom. The Labute approximate surface area is 126 Å². The van der Waals surface area contributed by atoms with Gasteiger partial charge in [-0.05, 0) is 18.3 Å². The molecule has 2 fully saturated rings. The second-order valence-electron chi connectivity index (χ2n) is 7.00. The van der Waals surface area contributed by atoms with Crippen LogP contribution in [0.2, 0.25) is 0 Å². The average Bonchev–Trinajstić information content (AvgIpc) is 2.98. The van der Waals surface area contributed by atoms with Gasteiger partial charge in [-0.3, -0.25) is 9.59 Å². The monoisotopic (exact) mass is 297 g/mol. The third-order valence-corrected chi connectivity index (χ3v) is 4.31. The summed E-state index contributed by atoms with van der Waals surface area (Å²) in [5.74, 6) is 0.0476. The van der Waals surface area contributed by atoms with Gasteiger partial charge in [-0.15, -0.1) is 0 Å². The maximum absolute atomic E-state index is 12.4. The van der Waals surface area contributed by atoms with Crippen LogP contribution in [-0.2, 0) is 14.3 Å². The summed E-state index contributed by atoms with van der Waals surface area (Å²) in [7, 11) is 0. The van der Waals surface area contributed by atoms with E-state index in [0.29, 0.717) is 32.8 Å². The lowest BCUT2D eigenvalue weighted by Crippen LogP contribution is -2.57. The van der Waals surface area contributed by atoms with E-state index in [1.54, 1.807) is 4.90 Å². The highest BCUT2D eigenvalue weighted by Gasteiger charge is 2.35. The molecule has 0 saturated carbocycles. The molecule has 2 atom stereocenters. The normalized spacial score (nSPS) is 25.0. The molecule has 120 valence electrons. The topological polar surface area (TPSA) is 75.9 Å². The number of hydrogen-bond donors (Lipinski definition) is 1. The van der Waals surface area contributed by atoms with Crippen LogP contribution in [-0.4, -0.2) is 66.5 Å². The summed E-state index contributed by atoms with van der Waals surface area (Å²) in [5.41, 5.74) is 5.78. The predicted molar refractivity (Wildman–Crippen MR) is 79.6 cm³/mol. The van der Waals surface area contributed by atoms with E-state index in [9.17, 15) is 9.59 Å². The molecule has 0 aliphatic carbocycles. The number of hydrogen-bond acceptors (Lipinski definition) is 4. The van der Waals surface area contributed by atoms with Crippen molar-refractivity contribution in [2.45, 2.75) is 45.8 Å². The lowest BCUT2D eigenvalue weighted by atomic mass is 9.86. The zero-order valence-corrected chi connectivity index (χ0v) is 13.3. The van der Waals surface area contributed by atoms with Gasteiger partial charge in [0, 0.05) is 32.8 Å². The van der Waals surface area contributed by atoms with E-state index in [4.69, 9.17) is 10.5 Å². The fourth-order valence-electron chi connectivity index (χ4n) is 2.69. The molecular weight excluding hydrogens is 270 g/mol. The average molecular weight is 297 g/mol. The van der Waals surface area contributed by atoms with Crippen molar-refractivity contribution in [1.82, 2.24) is 9.80 Å². The fraction of sp³-hybridized carbons (Fsp3) is 0.867. The summed E-state index contributed by atoms with van der Waals surface area (Å²) in [4.78, 5) is 28.2. The summed E-state index contributed by atoms with van der Waals surface area (Å²) in [6.07, 6.45) is 1.49. The van der Waals surface area contributed by atoms with Gasteiger partial charge in [-0.25, -0.2) is 0 Å². The first-order chi connectivity index (χ1) is 9.80. The molecule has 2 rings (SSSR count). The second kappa shape index (κ2) is 6.32. The molecule has 0 radical (unpaired) electrons. The SMILES string of the molecule is CC(C)(C)[C@H](N)C(=O)N1CCN(C(=O)C2CCCO2)CC1. The van der Waals surface area contributed by atoms with E-state index in [2.05, 4.69) is 0 Å². The van der Waals surface area contributed by atoms with Gasteiger partial charge in [0.2, 0.25) is 5.91 Å². The number of nitrogens with two attached hydrogens (primary N) is 1. The molecule has 6 nitrogen and oxygen atoms in total. The minimum atomic E-state index is -0.502. The van der Waals surface area contributed by atoms with Crippen LogP contribution in [0.3, 0.4) is 0 Å². The van der Waals surface area contributed by atoms with Crippen molar-refractivity contribution in [3.8, 4) is 0 Å². The van der Waals surface area contributed by atoms with E-state index in [1.807, 2.05) is 25.7 Å². The third-order valence-electron chi connectivity index (χ3n) is 4.31. The van der Waals surface area contributed by atoms with Crippen LogP contribution in [0.5, 0.6) is 0 Å². The lowest BCUT2D eigenvalue weighted by molar-refractivity contribution is -0.147. The molecular formula is C15H27N3O3. The van der Waals surface area contributed by atoms with Crippen molar-refractivity contribution in [2.24, 2.45) is 11.1 Å². The van der Waals surface area contributed by atoms with Gasteiger partial charge >= 0.3 is 0 Å². The molecule has 2 aliphatic heterocycles. The quantitative estimate of drug-likeness (QED) is 0.790. The van der Waals surface area contributed by atoms with E-state index in [1.165, 1.54) is 0 Å². The highest BCUT2D eigenvalue weighted by atomic mass is 16.5. The zero-order valence-electron chi connectivity index (χ0n) is 13.3. The maximum Gasteiger partial charge on any atom is 0.251 e. The maximum atomic E-state index is 12.4. The molecule has 0 spiro atoms. The van der Waals surface area contributed by atoms with Crippen LogP contribution in [0.25, 0.3) is 0 Å². The molecule has 2 heterocycles. The zero-order chi connectivity index (χ0) is 15.6. The Bertz CT molecular complexity index is 391. The number of rotatable bonds is 2. The first kappa shape index (κ1) is 16.2. The van der Waals surface area contributed by atoms with Crippen molar-refractivity contribution in [1.29, 1.82) is 0 Å². The number of piperazine rings is 1. The van der Waals surface area contributed by atoms with Gasteiger partial charge in [-0.1, -0.05) is 20.8 Å². The third kappa shape index (κ3) is 3.74. The van der Waals surface area contributed by atoms with Gasteiger partial charge in [0.25, 0.3) is 5.91 Å². The number of amides is 2. The summed E-state index contributed by atoms with van der Waals surface area (Å²) in [6, 6.07) is -0.502. The largest absolute Gasteiger partial charge is 0.368 e. The summed E-state index contributed by atoms with van der Waals surface area (Å²) in [6.45, 7) is 8.83. The van der Waals surface area contributed by atoms with Crippen molar-refractivity contribution in [2.75, 3.05) is 32.8 Å². The Morgan fingerprint density at radius 2 is 1.71 bits per heavy atom. The van der Waals surface area contributed by atoms with Gasteiger partial charge < -0.3 is 20.3 Å². The number of carbonyl (C=O) groups excluding carboxylic acids is 2. The molecule has 0 aromatic carbocycles. The molecule has 0 aromatic heterocycles. The highest BCUT2D eigenvalue weighted by molar-refractivity contribution is 5.84. The van der Waals surface area contributed by atoms with Gasteiger partial charge in [-0.2, -0.15) is 0 Å². The van der Waals surface area contributed by atoms with Crippen LogP contribution < -0.4 is 5.73 Å².